The molecule has 1 amide bonds. The molecule has 1 rings (SSSR count). The third-order valence-electron chi connectivity index (χ3n) is 2.22. The van der Waals surface area contributed by atoms with Gasteiger partial charge in [-0.2, -0.15) is 0 Å². The average molecular weight is 287 g/mol. The number of methoxy groups -OCH3 is 1. The SMILES string of the molecule is COCc1nnc(C(O)C(C)NC(=O)OC(C)(C)C)o1. The van der Waals surface area contributed by atoms with Gasteiger partial charge in [0.2, 0.25) is 11.8 Å². The monoisotopic (exact) mass is 287 g/mol. The largest absolute Gasteiger partial charge is 0.444 e. The van der Waals surface area contributed by atoms with Crippen molar-refractivity contribution in [1.82, 2.24) is 15.5 Å². The number of nitrogens with zero attached hydrogens (tertiary/aromatic N) is 2. The van der Waals surface area contributed by atoms with Gasteiger partial charge in [-0.1, -0.05) is 0 Å². The molecule has 2 N–H and O–H groups in total. The molecule has 1 aromatic heterocycles. The quantitative estimate of drug-likeness (QED) is 0.836. The summed E-state index contributed by atoms with van der Waals surface area (Å²) in [5.74, 6) is 0.270. The molecule has 0 aromatic carbocycles. The summed E-state index contributed by atoms with van der Waals surface area (Å²) >= 11 is 0. The molecule has 0 aliphatic heterocycles. The molecule has 2 atom stereocenters. The molecule has 8 nitrogen and oxygen atoms in total. The first-order valence-corrected chi connectivity index (χ1v) is 6.21. The minimum absolute atomic E-state index is 0.0145. The van der Waals surface area contributed by atoms with Crippen LogP contribution in [0, 0.1) is 0 Å². The maximum absolute atomic E-state index is 11.6. The van der Waals surface area contributed by atoms with Crippen LogP contribution in [0.2, 0.25) is 0 Å². The van der Waals surface area contributed by atoms with E-state index in [4.69, 9.17) is 13.9 Å². The molecule has 0 spiro atoms. The van der Waals surface area contributed by atoms with E-state index in [1.54, 1.807) is 27.7 Å². The lowest BCUT2D eigenvalue weighted by molar-refractivity contribution is 0.0403. The minimum atomic E-state index is -1.12. The lowest BCUT2D eigenvalue weighted by atomic mass is 10.2. The fourth-order valence-electron chi connectivity index (χ4n) is 1.35. The van der Waals surface area contributed by atoms with E-state index in [1.165, 1.54) is 7.11 Å². The van der Waals surface area contributed by atoms with Crippen LogP contribution in [0.4, 0.5) is 4.79 Å². The van der Waals surface area contributed by atoms with E-state index in [1.807, 2.05) is 0 Å². The Hall–Kier alpha value is -1.67. The van der Waals surface area contributed by atoms with Crippen molar-refractivity contribution >= 4 is 6.09 Å². The number of hydrogen-bond donors (Lipinski definition) is 2. The van der Waals surface area contributed by atoms with E-state index in [2.05, 4.69) is 15.5 Å². The Morgan fingerprint density at radius 1 is 1.45 bits per heavy atom. The van der Waals surface area contributed by atoms with E-state index < -0.39 is 23.8 Å². The van der Waals surface area contributed by atoms with Crippen LogP contribution >= 0.6 is 0 Å². The number of rotatable bonds is 5. The summed E-state index contributed by atoms with van der Waals surface area (Å²) in [6, 6.07) is -0.638. The predicted octanol–water partition coefficient (Wildman–Crippen LogP) is 1.16. The van der Waals surface area contributed by atoms with E-state index in [0.29, 0.717) is 0 Å². The normalized spacial score (nSPS) is 14.7. The summed E-state index contributed by atoms with van der Waals surface area (Å²) in [7, 11) is 1.49. The van der Waals surface area contributed by atoms with E-state index in [9.17, 15) is 9.90 Å². The fourth-order valence-corrected chi connectivity index (χ4v) is 1.35. The van der Waals surface area contributed by atoms with Crippen LogP contribution in [0.1, 0.15) is 45.6 Å². The number of carbonyl (C=O) groups is 1. The van der Waals surface area contributed by atoms with E-state index >= 15 is 0 Å². The molecule has 0 fully saturated rings. The van der Waals surface area contributed by atoms with Gasteiger partial charge in [-0.05, 0) is 27.7 Å². The van der Waals surface area contributed by atoms with Crippen LogP contribution in [0.15, 0.2) is 4.42 Å². The molecule has 20 heavy (non-hydrogen) atoms. The second kappa shape index (κ2) is 6.67. The number of carbonyl (C=O) groups excluding carboxylic acids is 1. The number of nitrogens with one attached hydrogen (secondary N) is 1. The van der Waals surface area contributed by atoms with Crippen LogP contribution in [0.25, 0.3) is 0 Å². The van der Waals surface area contributed by atoms with Gasteiger partial charge in [0.1, 0.15) is 12.2 Å². The average Bonchev–Trinajstić information content (AvgIpc) is 2.74. The van der Waals surface area contributed by atoms with Gasteiger partial charge in [0.25, 0.3) is 0 Å². The number of alkyl carbamates (subject to hydrolysis) is 1. The van der Waals surface area contributed by atoms with Crippen molar-refractivity contribution < 1.29 is 23.8 Å². The number of amides is 1. The summed E-state index contributed by atoms with van der Waals surface area (Å²) in [5, 5.41) is 19.9. The third kappa shape index (κ3) is 5.14. The van der Waals surface area contributed by atoms with Crippen molar-refractivity contribution in [2.75, 3.05) is 7.11 Å². The summed E-state index contributed by atoms with van der Waals surface area (Å²) in [6.45, 7) is 7.02. The van der Waals surface area contributed by atoms with Gasteiger partial charge in [-0.25, -0.2) is 4.79 Å². The first kappa shape index (κ1) is 16.4. The van der Waals surface area contributed by atoms with Gasteiger partial charge < -0.3 is 24.3 Å². The molecule has 1 heterocycles. The highest BCUT2D eigenvalue weighted by molar-refractivity contribution is 5.68. The topological polar surface area (TPSA) is 107 Å². The van der Waals surface area contributed by atoms with Gasteiger partial charge in [0.15, 0.2) is 6.10 Å². The summed E-state index contributed by atoms with van der Waals surface area (Å²) in [6.07, 6.45) is -1.75. The first-order valence-electron chi connectivity index (χ1n) is 6.21. The fraction of sp³-hybridized carbons (Fsp3) is 0.750. The summed E-state index contributed by atoms with van der Waals surface area (Å²) < 4.78 is 15.1. The molecule has 0 bridgehead atoms. The van der Waals surface area contributed by atoms with E-state index in [-0.39, 0.29) is 18.4 Å². The van der Waals surface area contributed by atoms with Gasteiger partial charge in [0.05, 0.1) is 6.04 Å². The number of aromatic nitrogens is 2. The van der Waals surface area contributed by atoms with Crippen LogP contribution in [-0.4, -0.2) is 40.1 Å². The Morgan fingerprint density at radius 3 is 2.65 bits per heavy atom. The molecular weight excluding hydrogens is 266 g/mol. The maximum atomic E-state index is 11.6. The Labute approximate surface area is 117 Å². The van der Waals surface area contributed by atoms with Crippen LogP contribution in [-0.2, 0) is 16.1 Å². The lowest BCUT2D eigenvalue weighted by Gasteiger charge is -2.23. The minimum Gasteiger partial charge on any atom is -0.444 e. The molecule has 0 saturated heterocycles. The third-order valence-corrected chi connectivity index (χ3v) is 2.22. The first-order chi connectivity index (χ1) is 9.23. The van der Waals surface area contributed by atoms with Crippen molar-refractivity contribution in [2.24, 2.45) is 0 Å². The second-order valence-electron chi connectivity index (χ2n) is 5.35. The van der Waals surface area contributed by atoms with Crippen molar-refractivity contribution in [3.05, 3.63) is 11.8 Å². The molecule has 0 saturated carbocycles. The maximum Gasteiger partial charge on any atom is 0.407 e. The zero-order valence-electron chi connectivity index (χ0n) is 12.3. The number of aliphatic hydroxyl groups is 1. The zero-order chi connectivity index (χ0) is 15.3. The summed E-state index contributed by atoms with van der Waals surface area (Å²) in [4.78, 5) is 11.6. The number of aliphatic hydroxyl groups excluding tert-OH is 1. The van der Waals surface area contributed by atoms with Gasteiger partial charge in [-0.15, -0.1) is 10.2 Å². The highest BCUT2D eigenvalue weighted by atomic mass is 16.6. The number of ether oxygens (including phenoxy) is 2. The van der Waals surface area contributed by atoms with Crippen LogP contribution < -0.4 is 5.32 Å². The van der Waals surface area contributed by atoms with E-state index in [0.717, 1.165) is 0 Å². The lowest BCUT2D eigenvalue weighted by Crippen LogP contribution is -2.40. The van der Waals surface area contributed by atoms with Gasteiger partial charge in [0, 0.05) is 7.11 Å². The smallest absolute Gasteiger partial charge is 0.407 e. The Kier molecular flexibility index (Phi) is 5.46. The molecule has 0 radical (unpaired) electrons. The molecule has 0 aliphatic rings. The highest BCUT2D eigenvalue weighted by Gasteiger charge is 2.26. The second-order valence-corrected chi connectivity index (χ2v) is 5.35. The van der Waals surface area contributed by atoms with Crippen molar-refractivity contribution in [3.63, 3.8) is 0 Å². The van der Waals surface area contributed by atoms with Crippen molar-refractivity contribution in [3.8, 4) is 0 Å². The molecule has 114 valence electrons. The summed E-state index contributed by atoms with van der Waals surface area (Å²) in [5.41, 5.74) is -0.606. The molecular formula is C12H21N3O5. The Balaban J connectivity index is 2.57. The van der Waals surface area contributed by atoms with Crippen molar-refractivity contribution in [2.45, 2.75) is 52.0 Å². The van der Waals surface area contributed by atoms with Crippen molar-refractivity contribution in [1.29, 1.82) is 0 Å². The predicted molar refractivity (Wildman–Crippen MR) is 68.8 cm³/mol. The highest BCUT2D eigenvalue weighted by Crippen LogP contribution is 2.16. The van der Waals surface area contributed by atoms with Gasteiger partial charge >= 0.3 is 6.09 Å². The molecule has 2 unspecified atom stereocenters. The molecule has 1 aromatic rings. The van der Waals surface area contributed by atoms with Crippen LogP contribution in [0.5, 0.6) is 0 Å². The zero-order valence-corrected chi connectivity index (χ0v) is 12.3. The standard InChI is InChI=1S/C12H21N3O5/c1-7(13-11(17)20-12(2,3)4)9(16)10-15-14-8(19-10)6-18-5/h7,9,16H,6H2,1-5H3,(H,13,17). The molecule has 8 heteroatoms. The van der Waals surface area contributed by atoms with Crippen LogP contribution in [0.3, 0.4) is 0 Å². The Bertz CT molecular complexity index is 441. The molecule has 0 aliphatic carbocycles. The van der Waals surface area contributed by atoms with Gasteiger partial charge in [-0.3, -0.25) is 0 Å². The number of hydrogen-bond acceptors (Lipinski definition) is 7. The Morgan fingerprint density at radius 2 is 2.10 bits per heavy atom.